The number of rotatable bonds is 8. The third-order valence-corrected chi connectivity index (χ3v) is 2.96. The van der Waals surface area contributed by atoms with Crippen molar-refractivity contribution in [1.82, 2.24) is 9.97 Å². The molecule has 0 radical (unpaired) electrons. The molecule has 1 heterocycles. The van der Waals surface area contributed by atoms with Crippen LogP contribution in [0.4, 0.5) is 11.8 Å². The van der Waals surface area contributed by atoms with Crippen LogP contribution in [0.2, 0.25) is 0 Å². The minimum Gasteiger partial charge on any atom is -0.480 e. The fourth-order valence-electron chi connectivity index (χ4n) is 1.86. The summed E-state index contributed by atoms with van der Waals surface area (Å²) < 4.78 is 0. The Morgan fingerprint density at radius 1 is 1.48 bits per heavy atom. The van der Waals surface area contributed by atoms with E-state index in [-0.39, 0.29) is 17.3 Å². The zero-order valence-electron chi connectivity index (χ0n) is 12.3. The summed E-state index contributed by atoms with van der Waals surface area (Å²) >= 11 is 0. The second-order valence-corrected chi connectivity index (χ2v) is 5.39. The van der Waals surface area contributed by atoms with Gasteiger partial charge in [0.05, 0.1) is 5.56 Å². The molecule has 8 nitrogen and oxygen atoms in total. The van der Waals surface area contributed by atoms with Crippen molar-refractivity contribution in [3.63, 3.8) is 0 Å². The number of aromatic nitrogens is 2. The number of hydrogen-bond acceptors (Lipinski definition) is 6. The van der Waals surface area contributed by atoms with Gasteiger partial charge in [-0.05, 0) is 25.2 Å². The van der Waals surface area contributed by atoms with E-state index in [1.807, 2.05) is 13.8 Å². The molecule has 1 atom stereocenters. The molecule has 0 aliphatic carbocycles. The highest BCUT2D eigenvalue weighted by molar-refractivity contribution is 5.72. The van der Waals surface area contributed by atoms with E-state index >= 15 is 0 Å². The van der Waals surface area contributed by atoms with E-state index in [4.69, 9.17) is 16.6 Å². The maximum Gasteiger partial charge on any atom is 0.320 e. The van der Waals surface area contributed by atoms with Gasteiger partial charge in [-0.15, -0.1) is 0 Å². The van der Waals surface area contributed by atoms with Crippen LogP contribution in [0.5, 0.6) is 0 Å². The second kappa shape index (κ2) is 7.63. The number of aliphatic carboxylic acids is 1. The molecule has 118 valence electrons. The van der Waals surface area contributed by atoms with Crippen molar-refractivity contribution in [3.05, 3.63) is 15.9 Å². The van der Waals surface area contributed by atoms with Crippen molar-refractivity contribution in [1.29, 1.82) is 0 Å². The molecular formula is C13H23N5O3. The van der Waals surface area contributed by atoms with Crippen molar-refractivity contribution >= 4 is 17.7 Å². The molecule has 1 unspecified atom stereocenters. The highest BCUT2D eigenvalue weighted by Crippen LogP contribution is 2.11. The molecule has 0 aromatic carbocycles. The first-order valence-electron chi connectivity index (χ1n) is 6.92. The molecule has 0 aliphatic rings. The number of hydrogen-bond donors (Lipinski definition) is 5. The molecule has 0 saturated carbocycles. The van der Waals surface area contributed by atoms with Gasteiger partial charge >= 0.3 is 5.97 Å². The van der Waals surface area contributed by atoms with E-state index in [0.29, 0.717) is 37.3 Å². The zero-order chi connectivity index (χ0) is 16.0. The summed E-state index contributed by atoms with van der Waals surface area (Å²) in [7, 11) is 0. The van der Waals surface area contributed by atoms with Gasteiger partial charge in [0.2, 0.25) is 5.95 Å². The molecule has 1 rings (SSSR count). The molecule has 0 aliphatic heterocycles. The Labute approximate surface area is 123 Å². The predicted octanol–water partition coefficient (Wildman–Crippen LogP) is 0.155. The van der Waals surface area contributed by atoms with E-state index in [2.05, 4.69) is 15.3 Å². The van der Waals surface area contributed by atoms with E-state index < -0.39 is 12.0 Å². The topological polar surface area (TPSA) is 147 Å². The molecule has 0 bridgehead atoms. The quantitative estimate of drug-likeness (QED) is 0.429. The van der Waals surface area contributed by atoms with Gasteiger partial charge in [-0.3, -0.25) is 14.6 Å². The minimum absolute atomic E-state index is 0.220. The average Bonchev–Trinajstić information content (AvgIpc) is 2.38. The average molecular weight is 297 g/mol. The number of nitrogens with one attached hydrogen (secondary N) is 2. The summed E-state index contributed by atoms with van der Waals surface area (Å²) in [5.74, 6) is -0.207. The Bertz CT molecular complexity index is 541. The largest absolute Gasteiger partial charge is 0.480 e. The number of aromatic amines is 1. The Hall–Kier alpha value is -2.09. The Morgan fingerprint density at radius 2 is 2.14 bits per heavy atom. The smallest absolute Gasteiger partial charge is 0.320 e. The van der Waals surface area contributed by atoms with Crippen molar-refractivity contribution < 1.29 is 9.90 Å². The number of carboxylic acids is 1. The SMILES string of the molecule is CC(C)Cc1c(N)nc(NCCCC(N)C(=O)O)[nH]c1=O. The van der Waals surface area contributed by atoms with Crippen LogP contribution in [0.3, 0.4) is 0 Å². The van der Waals surface area contributed by atoms with E-state index in [1.165, 1.54) is 0 Å². The predicted molar refractivity (Wildman–Crippen MR) is 81.1 cm³/mol. The third-order valence-electron chi connectivity index (χ3n) is 2.96. The highest BCUT2D eigenvalue weighted by Gasteiger charge is 2.12. The number of H-pyrrole nitrogens is 1. The molecule has 21 heavy (non-hydrogen) atoms. The Kier molecular flexibility index (Phi) is 6.16. The summed E-state index contributed by atoms with van der Waals surface area (Å²) in [4.78, 5) is 29.2. The summed E-state index contributed by atoms with van der Waals surface area (Å²) in [6.07, 6.45) is 1.46. The Balaban J connectivity index is 2.58. The molecule has 0 amide bonds. The maximum absolute atomic E-state index is 11.9. The van der Waals surface area contributed by atoms with Crippen LogP contribution in [0, 0.1) is 5.92 Å². The normalized spacial score (nSPS) is 12.4. The number of nitrogens with zero attached hydrogens (tertiary/aromatic N) is 1. The van der Waals surface area contributed by atoms with Gasteiger partial charge in [0, 0.05) is 6.54 Å². The fourth-order valence-corrected chi connectivity index (χ4v) is 1.86. The first-order chi connectivity index (χ1) is 9.81. The number of anilines is 2. The van der Waals surface area contributed by atoms with Crippen LogP contribution in [-0.2, 0) is 11.2 Å². The zero-order valence-corrected chi connectivity index (χ0v) is 12.3. The monoisotopic (exact) mass is 297 g/mol. The van der Waals surface area contributed by atoms with Gasteiger partial charge in [-0.1, -0.05) is 13.8 Å². The minimum atomic E-state index is -1.02. The van der Waals surface area contributed by atoms with Crippen LogP contribution < -0.4 is 22.3 Å². The summed E-state index contributed by atoms with van der Waals surface area (Å²) in [6, 6.07) is -0.878. The Morgan fingerprint density at radius 3 is 2.67 bits per heavy atom. The molecule has 7 N–H and O–H groups in total. The summed E-state index contributed by atoms with van der Waals surface area (Å²) in [5.41, 5.74) is 11.4. The molecule has 0 saturated heterocycles. The molecule has 1 aromatic heterocycles. The van der Waals surface area contributed by atoms with Gasteiger partial charge in [-0.2, -0.15) is 4.98 Å². The van der Waals surface area contributed by atoms with Gasteiger partial charge < -0.3 is 21.9 Å². The van der Waals surface area contributed by atoms with Crippen LogP contribution in [0.1, 0.15) is 32.3 Å². The lowest BCUT2D eigenvalue weighted by atomic mass is 10.1. The molecule has 8 heteroatoms. The fraction of sp³-hybridized carbons (Fsp3) is 0.615. The summed E-state index contributed by atoms with van der Waals surface area (Å²) in [6.45, 7) is 4.44. The van der Waals surface area contributed by atoms with E-state index in [0.717, 1.165) is 0 Å². The number of nitrogens with two attached hydrogens (primary N) is 2. The molecule has 1 aromatic rings. The third kappa shape index (κ3) is 5.42. The van der Waals surface area contributed by atoms with Crippen molar-refractivity contribution in [2.75, 3.05) is 17.6 Å². The van der Waals surface area contributed by atoms with E-state index in [1.54, 1.807) is 0 Å². The number of carbonyl (C=O) groups is 1. The number of nitrogen functional groups attached to an aromatic ring is 1. The van der Waals surface area contributed by atoms with Crippen LogP contribution >= 0.6 is 0 Å². The van der Waals surface area contributed by atoms with Crippen LogP contribution in [0.15, 0.2) is 4.79 Å². The lowest BCUT2D eigenvalue weighted by Gasteiger charge is -2.10. The van der Waals surface area contributed by atoms with Gasteiger partial charge in [0.25, 0.3) is 5.56 Å². The first-order valence-corrected chi connectivity index (χ1v) is 6.92. The standard InChI is InChI=1S/C13H23N5O3/c1-7(2)6-8-10(15)17-13(18-11(8)19)16-5-3-4-9(14)12(20)21/h7,9H,3-6,14H2,1-2H3,(H,20,21)(H4,15,16,17,18,19). The maximum atomic E-state index is 11.9. The van der Waals surface area contributed by atoms with Crippen molar-refractivity contribution in [2.45, 2.75) is 39.2 Å². The highest BCUT2D eigenvalue weighted by atomic mass is 16.4. The van der Waals surface area contributed by atoms with Crippen molar-refractivity contribution in [3.8, 4) is 0 Å². The molecular weight excluding hydrogens is 274 g/mol. The first kappa shape index (κ1) is 17.0. The molecule has 0 spiro atoms. The molecule has 0 fully saturated rings. The lowest BCUT2D eigenvalue weighted by Crippen LogP contribution is -2.30. The van der Waals surface area contributed by atoms with Crippen LogP contribution in [0.25, 0.3) is 0 Å². The van der Waals surface area contributed by atoms with Crippen LogP contribution in [-0.4, -0.2) is 33.6 Å². The lowest BCUT2D eigenvalue weighted by molar-refractivity contribution is -0.138. The van der Waals surface area contributed by atoms with Gasteiger partial charge in [0.15, 0.2) is 0 Å². The van der Waals surface area contributed by atoms with Crippen molar-refractivity contribution in [2.24, 2.45) is 11.7 Å². The van der Waals surface area contributed by atoms with Gasteiger partial charge in [-0.25, -0.2) is 0 Å². The van der Waals surface area contributed by atoms with E-state index in [9.17, 15) is 9.59 Å². The second-order valence-electron chi connectivity index (χ2n) is 5.39. The summed E-state index contributed by atoms with van der Waals surface area (Å²) in [5, 5.41) is 11.6. The van der Waals surface area contributed by atoms with Gasteiger partial charge in [0.1, 0.15) is 11.9 Å². The number of carboxylic acid groups (broad SMARTS) is 1.